The average molecular weight is 1660 g/mol. The lowest BCUT2D eigenvalue weighted by Gasteiger charge is -2.21. The van der Waals surface area contributed by atoms with Crippen LogP contribution in [0.2, 0.25) is 0 Å². The summed E-state index contributed by atoms with van der Waals surface area (Å²) in [6.45, 7) is 2.63. The van der Waals surface area contributed by atoms with Crippen molar-refractivity contribution in [3.63, 3.8) is 0 Å². The summed E-state index contributed by atoms with van der Waals surface area (Å²) >= 11 is 0. The molecule has 0 amide bonds. The molecule has 0 rings (SSSR count). The number of carbonyl (C=O) groups excluding carboxylic acids is 3. The fourth-order valence-corrected chi connectivity index (χ4v) is 14.9. The lowest BCUT2D eigenvalue weighted by atomic mass is 10.0. The van der Waals surface area contributed by atoms with Crippen LogP contribution >= 0.6 is 15.6 Å². The van der Waals surface area contributed by atoms with Crippen molar-refractivity contribution in [3.05, 3.63) is 109 Å². The minimum Gasteiger partial charge on any atom is -0.463 e. The number of ether oxygens (including phenoxy) is 3. The number of phosphoric acid groups is 2. The molecule has 668 valence electrons. The van der Waals surface area contributed by atoms with E-state index in [0.29, 0.717) is 19.3 Å². The second kappa shape index (κ2) is 89.5. The minimum atomic E-state index is -4.93. The highest BCUT2D eigenvalue weighted by atomic mass is 31.2. The van der Waals surface area contributed by atoms with Crippen LogP contribution in [0, 0.1) is 0 Å². The van der Waals surface area contributed by atoms with Gasteiger partial charge in [0.1, 0.15) is 25.4 Å². The second-order valence-electron chi connectivity index (χ2n) is 31.8. The van der Waals surface area contributed by atoms with Crippen molar-refractivity contribution in [2.24, 2.45) is 0 Å². The zero-order chi connectivity index (χ0) is 83.6. The Morgan fingerprint density at radius 2 is 0.461 bits per heavy atom. The number of unbranched alkanes of at least 4 members (excludes halogenated alkanes) is 49. The van der Waals surface area contributed by atoms with Gasteiger partial charge in [-0.2, -0.15) is 0 Å². The van der Waals surface area contributed by atoms with Gasteiger partial charge in [0, 0.05) is 19.3 Å². The molecule has 5 atom stereocenters. The van der Waals surface area contributed by atoms with E-state index in [0.717, 1.165) is 116 Å². The Hall–Kier alpha value is -3.79. The number of esters is 3. The Kier molecular flexibility index (Phi) is 86.5. The summed E-state index contributed by atoms with van der Waals surface area (Å²) in [6.07, 6.45) is 109. The van der Waals surface area contributed by atoms with E-state index < -0.39 is 91.5 Å². The average Bonchev–Trinajstić information content (AvgIpc) is 0.893. The molecule has 0 spiro atoms. The molecule has 0 aromatic heterocycles. The number of aliphatic hydroxyl groups is 2. The van der Waals surface area contributed by atoms with Crippen LogP contribution in [0.5, 0.6) is 0 Å². The highest BCUT2D eigenvalue weighted by molar-refractivity contribution is 7.47. The number of allylic oxidation sites excluding steroid dienone is 18. The molecule has 0 bridgehead atoms. The van der Waals surface area contributed by atoms with Crippen LogP contribution in [0.25, 0.3) is 0 Å². The molecule has 0 saturated carbocycles. The van der Waals surface area contributed by atoms with Crippen LogP contribution in [0.3, 0.4) is 0 Å². The highest BCUT2D eigenvalue weighted by Crippen LogP contribution is 2.45. The lowest BCUT2D eigenvalue weighted by Crippen LogP contribution is -2.30. The van der Waals surface area contributed by atoms with Crippen LogP contribution in [-0.4, -0.2) is 95.9 Å². The first-order valence-corrected chi connectivity index (χ1v) is 50.2. The molecule has 18 heteroatoms. The Morgan fingerprint density at radius 3 is 0.748 bits per heavy atom. The van der Waals surface area contributed by atoms with Crippen molar-refractivity contribution in [1.82, 2.24) is 0 Å². The van der Waals surface area contributed by atoms with Crippen molar-refractivity contribution in [2.75, 3.05) is 39.6 Å². The van der Waals surface area contributed by atoms with Gasteiger partial charge in [0.2, 0.25) is 0 Å². The third-order valence-corrected chi connectivity index (χ3v) is 22.4. The van der Waals surface area contributed by atoms with Gasteiger partial charge in [-0.3, -0.25) is 32.5 Å². The van der Waals surface area contributed by atoms with Crippen molar-refractivity contribution >= 4 is 33.6 Å². The van der Waals surface area contributed by atoms with E-state index in [1.54, 1.807) is 0 Å². The van der Waals surface area contributed by atoms with E-state index in [-0.39, 0.29) is 19.3 Å². The largest absolute Gasteiger partial charge is 0.472 e. The maximum atomic E-state index is 13.0. The summed E-state index contributed by atoms with van der Waals surface area (Å²) < 4.78 is 61.5. The molecular weight excluding hydrogens is 1480 g/mol. The molecule has 5 unspecified atom stereocenters. The molecule has 0 fully saturated rings. The number of hydrogen-bond donors (Lipinski definition) is 4. The van der Waals surface area contributed by atoms with Crippen molar-refractivity contribution < 1.29 is 75.8 Å². The molecule has 16 nitrogen and oxygen atoms in total. The molecular formula is C97H174O16P2. The van der Waals surface area contributed by atoms with E-state index in [9.17, 15) is 43.5 Å². The molecule has 115 heavy (non-hydrogen) atoms. The number of phosphoric ester groups is 2. The summed E-state index contributed by atoms with van der Waals surface area (Å²) in [4.78, 5) is 58.9. The molecule has 0 radical (unpaired) electrons. The van der Waals surface area contributed by atoms with Gasteiger partial charge in [0.15, 0.2) is 6.10 Å². The summed E-state index contributed by atoms with van der Waals surface area (Å²) in [7, 11) is -9.79. The van der Waals surface area contributed by atoms with E-state index in [1.807, 2.05) is 0 Å². The SMILES string of the molecule is CC/C=C\C/C=C\C/C=C\C/C=C\C/C=C\CCCCCCCCCCCCCCCCCC(=O)OCC(COP(=O)(O)OCC(O)COP(=O)(O)OCC(O)COC(=O)CCCCCCCCCCCCCCCCCCC/C=C\C/C=C\C/C=C\C/C=C\CCCCC)OC(=O)CCCCCCCCCCCCCCCCC. The van der Waals surface area contributed by atoms with E-state index >= 15 is 0 Å². The van der Waals surface area contributed by atoms with Crippen LogP contribution in [0.4, 0.5) is 0 Å². The topological polar surface area (TPSA) is 231 Å². The summed E-state index contributed by atoms with van der Waals surface area (Å²) in [5.41, 5.74) is 0. The van der Waals surface area contributed by atoms with Gasteiger partial charge in [-0.25, -0.2) is 9.13 Å². The molecule has 0 aliphatic carbocycles. The van der Waals surface area contributed by atoms with Crippen LogP contribution in [0.15, 0.2) is 109 Å². The van der Waals surface area contributed by atoms with Crippen molar-refractivity contribution in [2.45, 2.75) is 450 Å². The molecule has 0 heterocycles. The normalized spacial score (nSPS) is 14.3. The van der Waals surface area contributed by atoms with Gasteiger partial charge in [-0.15, -0.1) is 0 Å². The van der Waals surface area contributed by atoms with Crippen LogP contribution < -0.4 is 0 Å². The first-order valence-electron chi connectivity index (χ1n) is 47.2. The lowest BCUT2D eigenvalue weighted by molar-refractivity contribution is -0.161. The summed E-state index contributed by atoms with van der Waals surface area (Å²) in [6, 6.07) is 0. The molecule has 0 aliphatic rings. The minimum absolute atomic E-state index is 0.110. The predicted molar refractivity (Wildman–Crippen MR) is 482 cm³/mol. The Morgan fingerprint density at radius 1 is 0.252 bits per heavy atom. The van der Waals surface area contributed by atoms with Gasteiger partial charge in [-0.05, 0) is 109 Å². The number of carbonyl (C=O) groups is 3. The van der Waals surface area contributed by atoms with E-state index in [2.05, 4.69) is 130 Å². The molecule has 0 aliphatic heterocycles. The van der Waals surface area contributed by atoms with Gasteiger partial charge in [0.25, 0.3) is 0 Å². The maximum absolute atomic E-state index is 13.0. The third-order valence-electron chi connectivity index (χ3n) is 20.5. The van der Waals surface area contributed by atoms with Gasteiger partial charge in [-0.1, -0.05) is 413 Å². The number of aliphatic hydroxyl groups excluding tert-OH is 2. The van der Waals surface area contributed by atoms with E-state index in [1.165, 1.54) is 257 Å². The smallest absolute Gasteiger partial charge is 0.463 e. The fourth-order valence-electron chi connectivity index (χ4n) is 13.4. The number of hydrogen-bond acceptors (Lipinski definition) is 14. The van der Waals surface area contributed by atoms with Crippen LogP contribution in [-0.2, 0) is 55.8 Å². The second-order valence-corrected chi connectivity index (χ2v) is 34.7. The predicted octanol–water partition coefficient (Wildman–Crippen LogP) is 29.0. The van der Waals surface area contributed by atoms with Crippen LogP contribution in [0.1, 0.15) is 432 Å². The fraction of sp³-hybridized carbons (Fsp3) is 0.784. The van der Waals surface area contributed by atoms with Gasteiger partial charge < -0.3 is 34.2 Å². The molecule has 4 N–H and O–H groups in total. The molecule has 0 saturated heterocycles. The standard InChI is InChI=1S/C97H174O16P2/c1-4-7-10-13-16-19-22-25-28-30-32-34-36-38-40-42-44-45-47-49-50-52-54-56-58-60-63-65-68-71-74-77-80-83-95(100)107-86-92(98)87-109-114(103,104)110-88-93(99)89-111-115(105,106)112-91-94(113-97(102)85-82-79-76-73-70-67-62-27-24-21-18-15-12-9-6-3)90-108-96(101)84-81-78-75-72-69-66-64-61-59-57-55-53-51-48-46-43-41-39-37-35-33-31-29-26-23-20-17-14-11-8-5-2/h8,11,16-17,19-20,25-26,28-29,32-35,38-41,92-94,98-99H,4-7,9-10,12-15,18,21-24,27,30-31,36-37,42-91H2,1-3H3,(H,103,104)(H,105,106)/b11-8-,19-16-,20-17-,28-25-,29-26-,34-32-,35-33-,40-38-,41-39-. The highest BCUT2D eigenvalue weighted by Gasteiger charge is 2.30. The maximum Gasteiger partial charge on any atom is 0.472 e. The van der Waals surface area contributed by atoms with Gasteiger partial charge in [0.05, 0.1) is 26.4 Å². The Bertz CT molecular complexity index is 2520. The summed E-state index contributed by atoms with van der Waals surface area (Å²) in [5.74, 6) is -1.55. The first kappa shape index (κ1) is 111. The zero-order valence-corrected chi connectivity index (χ0v) is 75.5. The summed E-state index contributed by atoms with van der Waals surface area (Å²) in [5, 5.41) is 20.7. The Balaban J connectivity index is 4.42. The quantitative estimate of drug-likeness (QED) is 0.0146. The molecule has 0 aromatic rings. The zero-order valence-electron chi connectivity index (χ0n) is 73.7. The van der Waals surface area contributed by atoms with E-state index in [4.69, 9.17) is 32.3 Å². The molecule has 0 aromatic carbocycles. The van der Waals surface area contributed by atoms with Crippen molar-refractivity contribution in [1.29, 1.82) is 0 Å². The third kappa shape index (κ3) is 90.8. The first-order chi connectivity index (χ1) is 56.2. The number of rotatable bonds is 90. The Labute approximate surface area is 704 Å². The van der Waals surface area contributed by atoms with Gasteiger partial charge >= 0.3 is 33.6 Å². The van der Waals surface area contributed by atoms with Crippen molar-refractivity contribution in [3.8, 4) is 0 Å². The monoisotopic (exact) mass is 1660 g/mol.